The van der Waals surface area contributed by atoms with E-state index in [4.69, 9.17) is 14.2 Å². The monoisotopic (exact) mass is 528 g/mol. The summed E-state index contributed by atoms with van der Waals surface area (Å²) in [5.41, 5.74) is -2.08. The summed E-state index contributed by atoms with van der Waals surface area (Å²) in [6, 6.07) is 0. The van der Waals surface area contributed by atoms with Crippen molar-refractivity contribution in [3.05, 3.63) is 0 Å². The van der Waals surface area contributed by atoms with Crippen molar-refractivity contribution < 1.29 is 33.1 Å². The van der Waals surface area contributed by atoms with Gasteiger partial charge in [-0.25, -0.2) is 19.3 Å². The number of piperazine rings is 1. The molecule has 0 aromatic heterocycles. The minimum absolute atomic E-state index is 0.161. The Morgan fingerprint density at radius 2 is 1.22 bits per heavy atom. The van der Waals surface area contributed by atoms with Gasteiger partial charge in [0.25, 0.3) is 0 Å². The first-order chi connectivity index (χ1) is 16.6. The topological polar surface area (TPSA) is 101 Å². The second-order valence-electron chi connectivity index (χ2n) is 13.3. The molecular formula is C26H50N5O6+. The molecule has 0 atom stereocenters. The van der Waals surface area contributed by atoms with Crippen LogP contribution in [0.25, 0.3) is 0 Å². The van der Waals surface area contributed by atoms with Crippen LogP contribution in [0.4, 0.5) is 14.4 Å². The zero-order valence-corrected chi connectivity index (χ0v) is 25.1. The number of aliphatic imine (C=N–C) groups is 1. The fourth-order valence-corrected chi connectivity index (χ4v) is 3.38. The van der Waals surface area contributed by atoms with Crippen LogP contribution in [0, 0.1) is 0 Å². The molecule has 0 aromatic carbocycles. The Balaban J connectivity index is 3.28. The van der Waals surface area contributed by atoms with Crippen LogP contribution in [0.5, 0.6) is 0 Å². The molecule has 11 heteroatoms. The van der Waals surface area contributed by atoms with E-state index in [-0.39, 0.29) is 5.96 Å². The maximum Gasteiger partial charge on any atom is 0.437 e. The predicted molar refractivity (Wildman–Crippen MR) is 144 cm³/mol. The standard InChI is InChI=1S/C26H50N5O6/c1-24(2,3)35-21(32)27-20(28-15-17-29(18-16-28)22(33)36-25(4,5)6)30(14-13-19-31(10,11)12)23(34)37-26(7,8)9/h13-19H2,1-12H3/q+1/b27-20+. The molecule has 3 amide bonds. The lowest BCUT2D eigenvalue weighted by molar-refractivity contribution is -0.870. The molecule has 0 radical (unpaired) electrons. The van der Waals surface area contributed by atoms with Crippen LogP contribution in [0.15, 0.2) is 4.99 Å². The van der Waals surface area contributed by atoms with Crippen molar-refractivity contribution in [2.24, 2.45) is 4.99 Å². The SMILES string of the molecule is CC(C)(C)OC(=O)/N=C(\N1CCN(C(=O)OC(C)(C)C)CC1)N(CCC[N+](C)(C)C)C(=O)OC(C)(C)C. The van der Waals surface area contributed by atoms with E-state index in [9.17, 15) is 14.4 Å². The molecule has 1 rings (SSSR count). The summed E-state index contributed by atoms with van der Waals surface area (Å²) in [4.78, 5) is 47.8. The van der Waals surface area contributed by atoms with Gasteiger partial charge in [0.1, 0.15) is 16.8 Å². The Labute approximate surface area is 223 Å². The first-order valence-corrected chi connectivity index (χ1v) is 12.9. The molecule has 0 aromatic rings. The first kappa shape index (κ1) is 32.5. The van der Waals surface area contributed by atoms with E-state index < -0.39 is 35.1 Å². The Morgan fingerprint density at radius 3 is 1.65 bits per heavy atom. The lowest BCUT2D eigenvalue weighted by atomic mass is 10.2. The van der Waals surface area contributed by atoms with Gasteiger partial charge in [-0.05, 0) is 62.3 Å². The summed E-state index contributed by atoms with van der Waals surface area (Å²) in [6.45, 7) is 18.6. The van der Waals surface area contributed by atoms with Crippen LogP contribution < -0.4 is 0 Å². The molecule has 37 heavy (non-hydrogen) atoms. The molecular weight excluding hydrogens is 478 g/mol. The van der Waals surface area contributed by atoms with Crippen molar-refractivity contribution in [1.29, 1.82) is 0 Å². The highest BCUT2D eigenvalue weighted by molar-refractivity contribution is 5.99. The number of carbonyl (C=O) groups excluding carboxylic acids is 3. The van der Waals surface area contributed by atoms with Gasteiger partial charge < -0.3 is 28.5 Å². The van der Waals surface area contributed by atoms with E-state index in [0.29, 0.717) is 39.1 Å². The molecule has 11 nitrogen and oxygen atoms in total. The van der Waals surface area contributed by atoms with Crippen LogP contribution >= 0.6 is 0 Å². The summed E-state index contributed by atoms with van der Waals surface area (Å²) in [6.07, 6.45) is -1.12. The van der Waals surface area contributed by atoms with Gasteiger partial charge in [-0.3, -0.25) is 0 Å². The highest BCUT2D eigenvalue weighted by Crippen LogP contribution is 2.17. The summed E-state index contributed by atoms with van der Waals surface area (Å²) >= 11 is 0. The van der Waals surface area contributed by atoms with Crippen molar-refractivity contribution >= 4 is 24.2 Å². The second kappa shape index (κ2) is 12.3. The number of hydrogen-bond donors (Lipinski definition) is 0. The zero-order chi connectivity index (χ0) is 28.8. The Kier molecular flexibility index (Phi) is 10.8. The number of quaternary nitrogens is 1. The molecule has 0 spiro atoms. The van der Waals surface area contributed by atoms with E-state index in [2.05, 4.69) is 26.1 Å². The van der Waals surface area contributed by atoms with Crippen molar-refractivity contribution in [3.8, 4) is 0 Å². The molecule has 1 heterocycles. The van der Waals surface area contributed by atoms with Crippen molar-refractivity contribution in [2.75, 3.05) is 60.4 Å². The smallest absolute Gasteiger partial charge is 0.437 e. The van der Waals surface area contributed by atoms with Gasteiger partial charge in [0.2, 0.25) is 5.96 Å². The molecule has 0 unspecified atom stereocenters. The summed E-state index contributed by atoms with van der Waals surface area (Å²) in [5, 5.41) is 0. The molecule has 1 saturated heterocycles. The third-order valence-electron chi connectivity index (χ3n) is 4.86. The summed E-state index contributed by atoms with van der Waals surface area (Å²) in [5.74, 6) is 0.161. The average Bonchev–Trinajstić information content (AvgIpc) is 2.65. The van der Waals surface area contributed by atoms with Crippen LogP contribution in [0.3, 0.4) is 0 Å². The average molecular weight is 529 g/mol. The van der Waals surface area contributed by atoms with Crippen LogP contribution in [-0.2, 0) is 14.2 Å². The van der Waals surface area contributed by atoms with Gasteiger partial charge in [0, 0.05) is 39.1 Å². The van der Waals surface area contributed by atoms with Crippen molar-refractivity contribution in [2.45, 2.75) is 85.5 Å². The molecule has 0 saturated carbocycles. The molecule has 0 bridgehead atoms. The highest BCUT2D eigenvalue weighted by atomic mass is 16.6. The number of guanidine groups is 1. The third-order valence-corrected chi connectivity index (χ3v) is 4.86. The fraction of sp³-hybridized carbons (Fsp3) is 0.846. The Morgan fingerprint density at radius 1 is 0.757 bits per heavy atom. The van der Waals surface area contributed by atoms with E-state index in [1.165, 1.54) is 4.90 Å². The third kappa shape index (κ3) is 13.5. The van der Waals surface area contributed by atoms with E-state index >= 15 is 0 Å². The normalized spacial score (nSPS) is 15.8. The number of carbonyl (C=O) groups is 3. The van der Waals surface area contributed by atoms with E-state index in [1.54, 1.807) is 46.4 Å². The summed E-state index contributed by atoms with van der Waals surface area (Å²) < 4.78 is 17.3. The van der Waals surface area contributed by atoms with Gasteiger partial charge in [-0.2, -0.15) is 0 Å². The number of ether oxygens (including phenoxy) is 3. The lowest BCUT2D eigenvalue weighted by Gasteiger charge is -2.39. The molecule has 0 aliphatic carbocycles. The number of hydrogen-bond acceptors (Lipinski definition) is 6. The Bertz CT molecular complexity index is 822. The molecule has 1 fully saturated rings. The van der Waals surface area contributed by atoms with E-state index in [0.717, 1.165) is 11.0 Å². The van der Waals surface area contributed by atoms with Gasteiger partial charge >= 0.3 is 18.3 Å². The number of rotatable bonds is 4. The highest BCUT2D eigenvalue weighted by Gasteiger charge is 2.34. The van der Waals surface area contributed by atoms with Gasteiger partial charge in [-0.15, -0.1) is 4.99 Å². The number of amides is 3. The van der Waals surface area contributed by atoms with Crippen LogP contribution in [0.1, 0.15) is 68.7 Å². The van der Waals surface area contributed by atoms with Crippen LogP contribution in [-0.4, -0.2) is 121 Å². The quantitative estimate of drug-likeness (QED) is 0.234. The lowest BCUT2D eigenvalue weighted by Crippen LogP contribution is -2.57. The van der Waals surface area contributed by atoms with E-state index in [1.807, 2.05) is 25.7 Å². The Hall–Kier alpha value is -2.56. The molecule has 0 N–H and O–H groups in total. The minimum Gasteiger partial charge on any atom is -0.444 e. The first-order valence-electron chi connectivity index (χ1n) is 12.9. The maximum atomic E-state index is 13.3. The zero-order valence-electron chi connectivity index (χ0n) is 25.1. The predicted octanol–water partition coefficient (Wildman–Crippen LogP) is 4.16. The van der Waals surface area contributed by atoms with Gasteiger partial charge in [0.05, 0.1) is 27.7 Å². The van der Waals surface area contributed by atoms with Crippen molar-refractivity contribution in [3.63, 3.8) is 0 Å². The van der Waals surface area contributed by atoms with Gasteiger partial charge in [0.15, 0.2) is 0 Å². The molecule has 1 aliphatic rings. The minimum atomic E-state index is -0.794. The molecule has 1 aliphatic heterocycles. The van der Waals surface area contributed by atoms with Gasteiger partial charge in [-0.1, -0.05) is 0 Å². The van der Waals surface area contributed by atoms with Crippen LogP contribution in [0.2, 0.25) is 0 Å². The molecule has 214 valence electrons. The van der Waals surface area contributed by atoms with Crippen molar-refractivity contribution in [1.82, 2.24) is 14.7 Å². The largest absolute Gasteiger partial charge is 0.444 e. The summed E-state index contributed by atoms with van der Waals surface area (Å²) in [7, 11) is 6.22. The maximum absolute atomic E-state index is 13.3. The number of nitrogens with zero attached hydrogens (tertiary/aromatic N) is 5. The second-order valence-corrected chi connectivity index (χ2v) is 13.3. The fourth-order valence-electron chi connectivity index (χ4n) is 3.38.